The van der Waals surface area contributed by atoms with Crippen molar-refractivity contribution >= 4 is 17.8 Å². The van der Waals surface area contributed by atoms with Crippen LogP contribution in [-0.4, -0.2) is 40.2 Å². The smallest absolute Gasteiger partial charge is 0.325 e. The second-order valence-corrected chi connectivity index (χ2v) is 8.97. The van der Waals surface area contributed by atoms with Crippen molar-refractivity contribution in [2.24, 2.45) is 5.92 Å². The molecule has 1 heterocycles. The van der Waals surface area contributed by atoms with Crippen LogP contribution in [0.15, 0.2) is 54.6 Å². The summed E-state index contributed by atoms with van der Waals surface area (Å²) in [5.74, 6) is -0.00607. The Morgan fingerprint density at radius 2 is 1.84 bits per heavy atom. The lowest BCUT2D eigenvalue weighted by molar-refractivity contribution is -0.141. The van der Waals surface area contributed by atoms with Gasteiger partial charge in [0.15, 0.2) is 0 Å². The highest BCUT2D eigenvalue weighted by Gasteiger charge is 2.55. The van der Waals surface area contributed by atoms with Crippen LogP contribution >= 0.6 is 0 Å². The number of nitrogens with one attached hydrogen (secondary N) is 1. The average molecular weight is 418 g/mol. The molecule has 2 aromatic rings. The molecule has 6 heteroatoms. The summed E-state index contributed by atoms with van der Waals surface area (Å²) < 4.78 is 0. The van der Waals surface area contributed by atoms with Crippen molar-refractivity contribution in [2.75, 3.05) is 6.54 Å². The minimum absolute atomic E-state index is 0.0784. The predicted octanol–water partition coefficient (Wildman–Crippen LogP) is 3.21. The van der Waals surface area contributed by atoms with Gasteiger partial charge in [-0.25, -0.2) is 4.79 Å². The van der Waals surface area contributed by atoms with E-state index in [1.54, 1.807) is 0 Å². The highest BCUT2D eigenvalue weighted by Crippen LogP contribution is 2.41. The third kappa shape index (κ3) is 3.40. The standard InChI is InChI=1S/C25H27N3O3/c1-17(19-11-12-19)27(15-18-7-3-2-4-8-18)22(29)16-28-23(30)25(26-24(28)31)14-13-20-9-5-6-10-21(20)25/h2-10,17,19H,11-16H2,1H3,(H,26,31). The lowest BCUT2D eigenvalue weighted by Gasteiger charge is -2.31. The number of rotatable bonds is 6. The molecule has 1 N–H and O–H groups in total. The molecule has 6 nitrogen and oxygen atoms in total. The van der Waals surface area contributed by atoms with Crippen molar-refractivity contribution in [1.29, 1.82) is 0 Å². The Hall–Kier alpha value is -3.15. The summed E-state index contributed by atoms with van der Waals surface area (Å²) in [6.45, 7) is 2.33. The molecule has 1 aliphatic heterocycles. The lowest BCUT2D eigenvalue weighted by atomic mass is 9.92. The molecule has 3 aliphatic rings. The van der Waals surface area contributed by atoms with Crippen LogP contribution < -0.4 is 5.32 Å². The summed E-state index contributed by atoms with van der Waals surface area (Å²) in [6.07, 6.45) is 3.50. The van der Waals surface area contributed by atoms with Crippen molar-refractivity contribution in [3.63, 3.8) is 0 Å². The van der Waals surface area contributed by atoms with E-state index in [2.05, 4.69) is 12.2 Å². The van der Waals surface area contributed by atoms with Crippen LogP contribution in [0.1, 0.15) is 42.9 Å². The zero-order valence-corrected chi connectivity index (χ0v) is 17.7. The maximum Gasteiger partial charge on any atom is 0.325 e. The number of carbonyl (C=O) groups excluding carboxylic acids is 3. The molecule has 1 saturated carbocycles. The maximum absolute atomic E-state index is 13.4. The van der Waals surface area contributed by atoms with Gasteiger partial charge in [-0.2, -0.15) is 0 Å². The number of hydrogen-bond donors (Lipinski definition) is 1. The Morgan fingerprint density at radius 3 is 2.58 bits per heavy atom. The first-order valence-electron chi connectivity index (χ1n) is 11.1. The lowest BCUT2D eigenvalue weighted by Crippen LogP contribution is -2.47. The molecule has 2 fully saturated rings. The number of fused-ring (bicyclic) bond motifs is 2. The van der Waals surface area contributed by atoms with Crippen LogP contribution in [0.3, 0.4) is 0 Å². The molecule has 0 aromatic heterocycles. The van der Waals surface area contributed by atoms with Gasteiger partial charge in [-0.15, -0.1) is 0 Å². The zero-order chi connectivity index (χ0) is 21.6. The fraction of sp³-hybridized carbons (Fsp3) is 0.400. The summed E-state index contributed by atoms with van der Waals surface area (Å²) >= 11 is 0. The second-order valence-electron chi connectivity index (χ2n) is 8.97. The van der Waals surface area contributed by atoms with Gasteiger partial charge >= 0.3 is 6.03 Å². The van der Waals surface area contributed by atoms with E-state index < -0.39 is 11.6 Å². The fourth-order valence-electron chi connectivity index (χ4n) is 5.03. The fourth-order valence-corrected chi connectivity index (χ4v) is 5.03. The molecule has 31 heavy (non-hydrogen) atoms. The molecule has 5 rings (SSSR count). The van der Waals surface area contributed by atoms with Gasteiger partial charge in [-0.1, -0.05) is 54.6 Å². The van der Waals surface area contributed by atoms with Gasteiger partial charge in [0.25, 0.3) is 5.91 Å². The van der Waals surface area contributed by atoms with Gasteiger partial charge in [0, 0.05) is 12.6 Å². The van der Waals surface area contributed by atoms with E-state index in [1.807, 2.05) is 59.5 Å². The molecule has 2 atom stereocenters. The Labute approximate surface area is 182 Å². The number of carbonyl (C=O) groups is 3. The van der Waals surface area contributed by atoms with Crippen LogP contribution in [0.2, 0.25) is 0 Å². The largest absolute Gasteiger partial charge is 0.334 e. The molecule has 0 bridgehead atoms. The molecule has 2 unspecified atom stereocenters. The van der Waals surface area contributed by atoms with Gasteiger partial charge in [0.05, 0.1) is 0 Å². The summed E-state index contributed by atoms with van der Waals surface area (Å²) in [6, 6.07) is 17.2. The van der Waals surface area contributed by atoms with Gasteiger partial charge < -0.3 is 10.2 Å². The van der Waals surface area contributed by atoms with Crippen molar-refractivity contribution in [3.8, 4) is 0 Å². The van der Waals surface area contributed by atoms with Crippen molar-refractivity contribution in [1.82, 2.24) is 15.1 Å². The van der Waals surface area contributed by atoms with E-state index in [9.17, 15) is 14.4 Å². The third-order valence-electron chi connectivity index (χ3n) is 7.03. The SMILES string of the molecule is CC(C1CC1)N(Cc1ccccc1)C(=O)CN1C(=O)NC2(CCc3ccccc32)C1=O. The number of amides is 4. The van der Waals surface area contributed by atoms with Crippen molar-refractivity contribution < 1.29 is 14.4 Å². The Kier molecular flexibility index (Phi) is 4.80. The molecule has 160 valence electrons. The Bertz CT molecular complexity index is 1030. The monoisotopic (exact) mass is 417 g/mol. The predicted molar refractivity (Wildman–Crippen MR) is 116 cm³/mol. The minimum Gasteiger partial charge on any atom is -0.334 e. The third-order valence-corrected chi connectivity index (χ3v) is 7.03. The van der Waals surface area contributed by atoms with E-state index >= 15 is 0 Å². The number of nitrogens with zero attached hydrogens (tertiary/aromatic N) is 2. The van der Waals surface area contributed by atoms with Gasteiger partial charge in [-0.05, 0) is 55.2 Å². The Balaban J connectivity index is 1.37. The molecular weight excluding hydrogens is 390 g/mol. The maximum atomic E-state index is 13.4. The number of benzene rings is 2. The second kappa shape index (κ2) is 7.52. The summed E-state index contributed by atoms with van der Waals surface area (Å²) in [4.78, 5) is 42.5. The molecular formula is C25H27N3O3. The van der Waals surface area contributed by atoms with Crippen LogP contribution in [0.5, 0.6) is 0 Å². The van der Waals surface area contributed by atoms with E-state index in [-0.39, 0.29) is 24.4 Å². The molecule has 1 saturated heterocycles. The summed E-state index contributed by atoms with van der Waals surface area (Å²) in [7, 11) is 0. The topological polar surface area (TPSA) is 69.7 Å². The quantitative estimate of drug-likeness (QED) is 0.734. The first kappa shape index (κ1) is 19.8. The van der Waals surface area contributed by atoms with Crippen LogP contribution in [0.4, 0.5) is 4.79 Å². The van der Waals surface area contributed by atoms with E-state index in [0.717, 1.165) is 40.9 Å². The van der Waals surface area contributed by atoms with Crippen molar-refractivity contribution in [3.05, 3.63) is 71.3 Å². The zero-order valence-electron chi connectivity index (χ0n) is 17.7. The highest BCUT2D eigenvalue weighted by molar-refractivity contribution is 6.09. The Morgan fingerprint density at radius 1 is 1.13 bits per heavy atom. The first-order chi connectivity index (χ1) is 15.0. The number of urea groups is 1. The van der Waals surface area contributed by atoms with Gasteiger partial charge in [-0.3, -0.25) is 14.5 Å². The summed E-state index contributed by atoms with van der Waals surface area (Å²) in [5, 5.41) is 2.91. The van der Waals surface area contributed by atoms with Crippen LogP contribution in [0.25, 0.3) is 0 Å². The number of imide groups is 1. The first-order valence-corrected chi connectivity index (χ1v) is 11.1. The van der Waals surface area contributed by atoms with Gasteiger partial charge in [0.2, 0.25) is 5.91 Å². The van der Waals surface area contributed by atoms with Gasteiger partial charge in [0.1, 0.15) is 12.1 Å². The summed E-state index contributed by atoms with van der Waals surface area (Å²) in [5.41, 5.74) is 1.95. The number of hydrogen-bond acceptors (Lipinski definition) is 3. The van der Waals surface area contributed by atoms with E-state index in [4.69, 9.17) is 0 Å². The average Bonchev–Trinajstić information content (AvgIpc) is 3.54. The van der Waals surface area contributed by atoms with E-state index in [0.29, 0.717) is 18.9 Å². The molecule has 2 aromatic carbocycles. The van der Waals surface area contributed by atoms with Crippen LogP contribution in [-0.2, 0) is 28.1 Å². The molecule has 1 spiro atoms. The van der Waals surface area contributed by atoms with E-state index in [1.165, 1.54) is 0 Å². The number of aryl methyl sites for hydroxylation is 1. The normalized spacial score (nSPS) is 23.1. The van der Waals surface area contributed by atoms with Crippen LogP contribution in [0, 0.1) is 5.92 Å². The molecule has 0 radical (unpaired) electrons. The minimum atomic E-state index is -1.03. The van der Waals surface area contributed by atoms with Crippen molar-refractivity contribution in [2.45, 2.75) is 50.7 Å². The molecule has 2 aliphatic carbocycles. The highest BCUT2D eigenvalue weighted by atomic mass is 16.2. The molecule has 4 amide bonds.